The second-order valence-corrected chi connectivity index (χ2v) is 4.95. The number of nitrogens with zero attached hydrogens (tertiary/aromatic N) is 2. The molecule has 2 aromatic heterocycles. The highest BCUT2D eigenvalue weighted by molar-refractivity contribution is 5.85. The van der Waals surface area contributed by atoms with Crippen LogP contribution >= 0.6 is 0 Å². The van der Waals surface area contributed by atoms with Crippen molar-refractivity contribution in [2.45, 2.75) is 47.6 Å². The molecule has 0 saturated heterocycles. The molecule has 0 fully saturated rings. The standard InChI is InChI=1S/C14H20N2/c1-8(2)16-12(6)11(5)13-9(3)7-10(4)15-14(13)16/h7-8H,1-6H3. The fraction of sp³-hybridized carbons (Fsp3) is 0.500. The lowest BCUT2D eigenvalue weighted by molar-refractivity contribution is 0.601. The number of fused-ring (bicyclic) bond motifs is 1. The van der Waals surface area contributed by atoms with E-state index in [0.29, 0.717) is 6.04 Å². The molecule has 16 heavy (non-hydrogen) atoms. The van der Waals surface area contributed by atoms with E-state index in [1.165, 1.54) is 22.2 Å². The minimum absolute atomic E-state index is 0.463. The normalized spacial score (nSPS) is 11.7. The third-order valence-corrected chi connectivity index (χ3v) is 3.35. The lowest BCUT2D eigenvalue weighted by Gasteiger charge is -2.12. The monoisotopic (exact) mass is 216 g/mol. The average molecular weight is 216 g/mol. The first-order valence-electron chi connectivity index (χ1n) is 5.88. The molecular weight excluding hydrogens is 196 g/mol. The van der Waals surface area contributed by atoms with E-state index in [9.17, 15) is 0 Å². The molecule has 0 N–H and O–H groups in total. The van der Waals surface area contributed by atoms with Gasteiger partial charge in [-0.25, -0.2) is 4.98 Å². The first-order valence-corrected chi connectivity index (χ1v) is 5.88. The van der Waals surface area contributed by atoms with Crippen molar-refractivity contribution in [3.8, 4) is 0 Å². The number of hydrogen-bond donors (Lipinski definition) is 0. The van der Waals surface area contributed by atoms with Crippen LogP contribution in [0.15, 0.2) is 6.07 Å². The molecule has 0 radical (unpaired) electrons. The van der Waals surface area contributed by atoms with Gasteiger partial charge in [0.1, 0.15) is 5.65 Å². The summed E-state index contributed by atoms with van der Waals surface area (Å²) in [6.07, 6.45) is 0. The highest BCUT2D eigenvalue weighted by Gasteiger charge is 2.15. The summed E-state index contributed by atoms with van der Waals surface area (Å²) in [5, 5.41) is 1.33. The highest BCUT2D eigenvalue weighted by atomic mass is 15.1. The Morgan fingerprint density at radius 3 is 2.31 bits per heavy atom. The molecule has 0 aliphatic heterocycles. The maximum absolute atomic E-state index is 4.70. The highest BCUT2D eigenvalue weighted by Crippen LogP contribution is 2.29. The van der Waals surface area contributed by atoms with E-state index < -0.39 is 0 Å². The van der Waals surface area contributed by atoms with Crippen molar-refractivity contribution >= 4 is 11.0 Å². The predicted octanol–water partition coefficient (Wildman–Crippen LogP) is 3.85. The summed E-state index contributed by atoms with van der Waals surface area (Å²) in [5.41, 5.74) is 6.29. The molecule has 2 heterocycles. The minimum atomic E-state index is 0.463. The molecule has 0 aromatic carbocycles. The van der Waals surface area contributed by atoms with E-state index in [0.717, 1.165) is 11.3 Å². The van der Waals surface area contributed by atoms with Gasteiger partial charge in [-0.15, -0.1) is 0 Å². The van der Waals surface area contributed by atoms with Gasteiger partial charge in [0.2, 0.25) is 0 Å². The third kappa shape index (κ3) is 1.44. The SMILES string of the molecule is Cc1cc(C)c2c(C)c(C)n(C(C)C)c2n1. The molecule has 2 aromatic rings. The van der Waals surface area contributed by atoms with Gasteiger partial charge in [-0.1, -0.05) is 0 Å². The number of aryl methyl sites for hydroxylation is 3. The van der Waals surface area contributed by atoms with Crippen LogP contribution in [0.25, 0.3) is 11.0 Å². The van der Waals surface area contributed by atoms with Crippen LogP contribution in [0.3, 0.4) is 0 Å². The van der Waals surface area contributed by atoms with Crippen LogP contribution in [0.2, 0.25) is 0 Å². The van der Waals surface area contributed by atoms with Crippen molar-refractivity contribution in [1.29, 1.82) is 0 Å². The van der Waals surface area contributed by atoms with Crippen molar-refractivity contribution in [3.05, 3.63) is 28.6 Å². The van der Waals surface area contributed by atoms with Gasteiger partial charge in [0, 0.05) is 22.8 Å². The molecule has 0 bridgehead atoms. The summed E-state index contributed by atoms with van der Waals surface area (Å²) < 4.78 is 2.34. The molecule has 0 atom stereocenters. The number of pyridine rings is 1. The Morgan fingerprint density at radius 1 is 1.12 bits per heavy atom. The Bertz CT molecular complexity index is 548. The third-order valence-electron chi connectivity index (χ3n) is 3.35. The van der Waals surface area contributed by atoms with Crippen LogP contribution in [0, 0.1) is 27.7 Å². The lowest BCUT2D eigenvalue weighted by Crippen LogP contribution is -2.04. The molecule has 0 unspecified atom stereocenters. The van der Waals surface area contributed by atoms with Gasteiger partial charge in [-0.05, 0) is 58.7 Å². The van der Waals surface area contributed by atoms with E-state index >= 15 is 0 Å². The molecule has 0 spiro atoms. The van der Waals surface area contributed by atoms with Crippen LogP contribution in [-0.2, 0) is 0 Å². The van der Waals surface area contributed by atoms with Crippen LogP contribution in [-0.4, -0.2) is 9.55 Å². The van der Waals surface area contributed by atoms with Gasteiger partial charge in [0.25, 0.3) is 0 Å². The second kappa shape index (κ2) is 3.62. The summed E-state index contributed by atoms with van der Waals surface area (Å²) in [7, 11) is 0. The second-order valence-electron chi connectivity index (χ2n) is 4.95. The Labute approximate surface area is 97.3 Å². The predicted molar refractivity (Wildman–Crippen MR) is 69.1 cm³/mol. The molecule has 86 valence electrons. The fourth-order valence-corrected chi connectivity index (χ4v) is 2.61. The maximum atomic E-state index is 4.70. The van der Waals surface area contributed by atoms with Crippen molar-refractivity contribution < 1.29 is 0 Å². The Balaban J connectivity index is 2.96. The summed E-state index contributed by atoms with van der Waals surface area (Å²) in [6.45, 7) is 13.0. The first kappa shape index (κ1) is 11.2. The van der Waals surface area contributed by atoms with E-state index in [-0.39, 0.29) is 0 Å². The smallest absolute Gasteiger partial charge is 0.141 e. The van der Waals surface area contributed by atoms with Gasteiger partial charge in [0.05, 0.1) is 0 Å². The van der Waals surface area contributed by atoms with Crippen molar-refractivity contribution in [1.82, 2.24) is 9.55 Å². The van der Waals surface area contributed by atoms with E-state index in [1.807, 2.05) is 0 Å². The average Bonchev–Trinajstić information content (AvgIpc) is 2.38. The molecule has 0 aliphatic rings. The Morgan fingerprint density at radius 2 is 1.75 bits per heavy atom. The van der Waals surface area contributed by atoms with Gasteiger partial charge in [-0.3, -0.25) is 0 Å². The summed E-state index contributed by atoms with van der Waals surface area (Å²) in [4.78, 5) is 4.70. The number of rotatable bonds is 1. The molecule has 0 saturated carbocycles. The fourth-order valence-electron chi connectivity index (χ4n) is 2.61. The van der Waals surface area contributed by atoms with Gasteiger partial charge >= 0.3 is 0 Å². The number of hydrogen-bond acceptors (Lipinski definition) is 1. The molecule has 0 aliphatic carbocycles. The molecular formula is C14H20N2. The lowest BCUT2D eigenvalue weighted by atomic mass is 10.1. The largest absolute Gasteiger partial charge is 0.327 e. The quantitative estimate of drug-likeness (QED) is 0.708. The minimum Gasteiger partial charge on any atom is -0.327 e. The van der Waals surface area contributed by atoms with Crippen LogP contribution in [0.1, 0.15) is 42.4 Å². The Kier molecular flexibility index (Phi) is 2.53. The summed E-state index contributed by atoms with van der Waals surface area (Å²) in [5.74, 6) is 0. The van der Waals surface area contributed by atoms with E-state index in [1.54, 1.807) is 0 Å². The van der Waals surface area contributed by atoms with Crippen molar-refractivity contribution in [3.63, 3.8) is 0 Å². The zero-order chi connectivity index (χ0) is 12.0. The maximum Gasteiger partial charge on any atom is 0.141 e. The molecule has 0 amide bonds. The molecule has 2 rings (SSSR count). The summed E-state index contributed by atoms with van der Waals surface area (Å²) in [6, 6.07) is 2.63. The van der Waals surface area contributed by atoms with E-state index in [4.69, 9.17) is 4.98 Å². The van der Waals surface area contributed by atoms with Gasteiger partial charge in [0.15, 0.2) is 0 Å². The Hall–Kier alpha value is -1.31. The van der Waals surface area contributed by atoms with Gasteiger partial charge < -0.3 is 4.57 Å². The van der Waals surface area contributed by atoms with Crippen molar-refractivity contribution in [2.75, 3.05) is 0 Å². The first-order chi connectivity index (χ1) is 7.43. The topological polar surface area (TPSA) is 17.8 Å². The molecule has 2 heteroatoms. The zero-order valence-electron chi connectivity index (χ0n) is 11.0. The van der Waals surface area contributed by atoms with E-state index in [2.05, 4.69) is 52.2 Å². The molecule has 2 nitrogen and oxygen atoms in total. The van der Waals surface area contributed by atoms with Crippen LogP contribution in [0.5, 0.6) is 0 Å². The summed E-state index contributed by atoms with van der Waals surface area (Å²) >= 11 is 0. The number of aromatic nitrogens is 2. The zero-order valence-corrected chi connectivity index (χ0v) is 11.0. The van der Waals surface area contributed by atoms with Crippen LogP contribution in [0.4, 0.5) is 0 Å². The van der Waals surface area contributed by atoms with Crippen LogP contribution < -0.4 is 0 Å². The van der Waals surface area contributed by atoms with Crippen molar-refractivity contribution in [2.24, 2.45) is 0 Å². The van der Waals surface area contributed by atoms with Gasteiger partial charge in [-0.2, -0.15) is 0 Å².